The lowest BCUT2D eigenvalue weighted by molar-refractivity contribution is -0.137. The van der Waals surface area contributed by atoms with Crippen LogP contribution in [0.15, 0.2) is 43.0 Å². The maximum atomic E-state index is 13.8. The first-order valence-corrected chi connectivity index (χ1v) is 12.9. The van der Waals surface area contributed by atoms with Gasteiger partial charge in [-0.1, -0.05) is 11.6 Å². The van der Waals surface area contributed by atoms with Crippen molar-refractivity contribution in [3.8, 4) is 11.5 Å². The van der Waals surface area contributed by atoms with E-state index in [9.17, 15) is 13.2 Å². The summed E-state index contributed by atoms with van der Waals surface area (Å²) in [6, 6.07) is 3.96. The number of hydrogen-bond donors (Lipinski definition) is 2. The van der Waals surface area contributed by atoms with E-state index in [-0.39, 0.29) is 28.4 Å². The Bertz CT molecular complexity index is 1730. The molecule has 0 radical (unpaired) electrons. The number of nitrogens with one attached hydrogen (secondary N) is 2. The van der Waals surface area contributed by atoms with Gasteiger partial charge in [0.1, 0.15) is 10.5 Å². The number of imidazole rings is 1. The molecule has 6 rings (SSSR count). The van der Waals surface area contributed by atoms with Gasteiger partial charge >= 0.3 is 6.18 Å². The number of alkyl halides is 3. The lowest BCUT2D eigenvalue weighted by Crippen LogP contribution is -2.18. The summed E-state index contributed by atoms with van der Waals surface area (Å²) >= 11 is 6.75. The summed E-state index contributed by atoms with van der Waals surface area (Å²) in [5.41, 5.74) is 1.53. The van der Waals surface area contributed by atoms with E-state index in [2.05, 4.69) is 35.6 Å². The Morgan fingerprint density at radius 3 is 2.62 bits per heavy atom. The molecule has 1 aliphatic rings. The first-order valence-electron chi connectivity index (χ1n) is 12.5. The van der Waals surface area contributed by atoms with Crippen molar-refractivity contribution in [2.24, 2.45) is 7.05 Å². The summed E-state index contributed by atoms with van der Waals surface area (Å²) in [5, 5.41) is 10.6. The van der Waals surface area contributed by atoms with Crippen LogP contribution < -0.4 is 15.4 Å². The van der Waals surface area contributed by atoms with E-state index in [1.54, 1.807) is 47.8 Å². The number of aryl methyl sites for hydroxylation is 1. The quantitative estimate of drug-likeness (QED) is 0.255. The summed E-state index contributed by atoms with van der Waals surface area (Å²) < 4.78 is 50.7. The van der Waals surface area contributed by atoms with Crippen LogP contribution >= 0.6 is 11.6 Å². The fraction of sp³-hybridized carbons (Fsp3) is 0.308. The molecule has 0 saturated carbocycles. The average molecular weight is 572 g/mol. The lowest BCUT2D eigenvalue weighted by atomic mass is 10.0. The second-order valence-electron chi connectivity index (χ2n) is 9.64. The highest BCUT2D eigenvalue weighted by Gasteiger charge is 2.33. The Morgan fingerprint density at radius 2 is 1.90 bits per heavy atom. The maximum Gasteiger partial charge on any atom is 0.416 e. The van der Waals surface area contributed by atoms with E-state index in [1.165, 1.54) is 12.3 Å². The molecule has 0 amide bonds. The number of halogens is 4. The Kier molecular flexibility index (Phi) is 6.42. The van der Waals surface area contributed by atoms with E-state index in [1.807, 2.05) is 7.05 Å². The first-order chi connectivity index (χ1) is 19.1. The molecule has 208 valence electrons. The van der Waals surface area contributed by atoms with Gasteiger partial charge in [-0.2, -0.15) is 23.3 Å². The Labute approximate surface area is 231 Å². The zero-order valence-electron chi connectivity index (χ0n) is 21.8. The molecule has 10 nitrogen and oxygen atoms in total. The number of ether oxygens (including phenoxy) is 1. The summed E-state index contributed by atoms with van der Waals surface area (Å²) in [6.45, 7) is 0.838. The summed E-state index contributed by atoms with van der Waals surface area (Å²) in [6.07, 6.45) is 3.52. The predicted molar refractivity (Wildman–Crippen MR) is 145 cm³/mol. The molecule has 1 aliphatic heterocycles. The number of hydrogen-bond acceptors (Lipinski definition) is 8. The molecular weight excluding hydrogens is 547 g/mol. The number of fused-ring (bicyclic) bond motifs is 2. The molecule has 1 atom stereocenters. The molecule has 2 N–H and O–H groups in total. The fourth-order valence-electron chi connectivity index (χ4n) is 5.13. The number of likely N-dealkylation sites (tertiary alicyclic amines) is 1. The molecule has 14 heteroatoms. The molecule has 5 heterocycles. The Morgan fingerprint density at radius 1 is 1.07 bits per heavy atom. The van der Waals surface area contributed by atoms with E-state index in [0.717, 1.165) is 25.5 Å². The minimum atomic E-state index is -4.49. The topological polar surface area (TPSA) is 97.4 Å². The minimum Gasteiger partial charge on any atom is -0.450 e. The van der Waals surface area contributed by atoms with Crippen LogP contribution in [0.1, 0.15) is 30.0 Å². The van der Waals surface area contributed by atoms with Crippen molar-refractivity contribution in [2.75, 3.05) is 31.3 Å². The van der Waals surface area contributed by atoms with E-state index >= 15 is 0 Å². The van der Waals surface area contributed by atoms with Gasteiger partial charge in [0.15, 0.2) is 28.5 Å². The van der Waals surface area contributed by atoms with Crippen molar-refractivity contribution in [3.05, 3.63) is 59.1 Å². The molecule has 1 aromatic carbocycles. The third-order valence-corrected chi connectivity index (χ3v) is 7.47. The number of benzene rings is 1. The van der Waals surface area contributed by atoms with Gasteiger partial charge in [-0.3, -0.25) is 4.90 Å². The zero-order valence-corrected chi connectivity index (χ0v) is 22.5. The van der Waals surface area contributed by atoms with Crippen LogP contribution in [0.25, 0.3) is 16.7 Å². The Hall–Kier alpha value is -4.10. The molecule has 0 unspecified atom stereocenters. The van der Waals surface area contributed by atoms with E-state index < -0.39 is 11.7 Å². The van der Waals surface area contributed by atoms with E-state index in [4.69, 9.17) is 16.3 Å². The zero-order chi connectivity index (χ0) is 28.2. The van der Waals surface area contributed by atoms with Crippen molar-refractivity contribution in [1.82, 2.24) is 34.0 Å². The molecule has 0 spiro atoms. The van der Waals surface area contributed by atoms with Gasteiger partial charge in [0.05, 0.1) is 18.0 Å². The average Bonchev–Trinajstić information content (AvgIpc) is 3.62. The van der Waals surface area contributed by atoms with Crippen LogP contribution in [-0.4, -0.2) is 54.7 Å². The van der Waals surface area contributed by atoms with Crippen LogP contribution in [0.5, 0.6) is 11.5 Å². The maximum absolute atomic E-state index is 13.8. The summed E-state index contributed by atoms with van der Waals surface area (Å²) in [7, 11) is 5.36. The highest BCUT2D eigenvalue weighted by Crippen LogP contribution is 2.40. The molecule has 40 heavy (non-hydrogen) atoms. The van der Waals surface area contributed by atoms with Crippen molar-refractivity contribution < 1.29 is 17.9 Å². The number of anilines is 3. The molecule has 5 aromatic rings. The van der Waals surface area contributed by atoms with Crippen LogP contribution in [0, 0.1) is 0 Å². The molecule has 0 bridgehead atoms. The third kappa shape index (κ3) is 4.54. The largest absolute Gasteiger partial charge is 0.450 e. The fourth-order valence-corrected chi connectivity index (χ4v) is 5.43. The van der Waals surface area contributed by atoms with Crippen molar-refractivity contribution >= 4 is 45.7 Å². The van der Waals surface area contributed by atoms with E-state index in [0.29, 0.717) is 33.8 Å². The standard InChI is InChI=1S/C26H25ClF3N9O/c1-31-23-21-19(13-34-39(21)8-6-32-23)40-18-12-33-24-22(20(18)27)38(3)25(36-24)35-16-10-14(17-5-4-7-37(17)2)9-15(11-16)26(28,29)30/h6,8-13,17H,4-5,7H2,1-3H3,(H,31,32)(H,33,35,36)/t17-/m1/s1. The van der Waals surface area contributed by atoms with Crippen molar-refractivity contribution in [1.29, 1.82) is 0 Å². The van der Waals surface area contributed by atoms with Gasteiger partial charge in [-0.25, -0.2) is 14.5 Å². The minimum absolute atomic E-state index is 0.0855. The lowest BCUT2D eigenvalue weighted by Gasteiger charge is -2.22. The highest BCUT2D eigenvalue weighted by molar-refractivity contribution is 6.36. The highest BCUT2D eigenvalue weighted by atomic mass is 35.5. The van der Waals surface area contributed by atoms with Gasteiger partial charge in [-0.05, 0) is 50.2 Å². The number of aromatic nitrogens is 6. The van der Waals surface area contributed by atoms with Gasteiger partial charge in [0, 0.05) is 38.2 Å². The number of pyridine rings is 1. The second-order valence-corrected chi connectivity index (χ2v) is 10.0. The molecule has 1 fully saturated rings. The molecule has 1 saturated heterocycles. The summed E-state index contributed by atoms with van der Waals surface area (Å²) in [4.78, 5) is 15.2. The van der Waals surface area contributed by atoms with Crippen LogP contribution in [0.4, 0.5) is 30.6 Å². The predicted octanol–water partition coefficient (Wildman–Crippen LogP) is 6.03. The summed E-state index contributed by atoms with van der Waals surface area (Å²) in [5.74, 6) is 1.52. The third-order valence-electron chi connectivity index (χ3n) is 7.10. The smallest absolute Gasteiger partial charge is 0.416 e. The van der Waals surface area contributed by atoms with Crippen LogP contribution in [-0.2, 0) is 13.2 Å². The number of nitrogens with zero attached hydrogens (tertiary/aromatic N) is 7. The van der Waals surface area contributed by atoms with Gasteiger partial charge < -0.3 is 19.9 Å². The monoisotopic (exact) mass is 571 g/mol. The normalized spacial score (nSPS) is 16.2. The number of rotatable bonds is 6. The first kappa shape index (κ1) is 26.1. The van der Waals surface area contributed by atoms with Crippen LogP contribution in [0.3, 0.4) is 0 Å². The van der Waals surface area contributed by atoms with Crippen molar-refractivity contribution in [2.45, 2.75) is 25.1 Å². The second kappa shape index (κ2) is 9.82. The van der Waals surface area contributed by atoms with Gasteiger partial charge in [0.2, 0.25) is 5.95 Å². The Balaban J connectivity index is 1.36. The van der Waals surface area contributed by atoms with Crippen molar-refractivity contribution in [3.63, 3.8) is 0 Å². The van der Waals surface area contributed by atoms with Gasteiger partial charge in [0.25, 0.3) is 0 Å². The van der Waals surface area contributed by atoms with Gasteiger partial charge in [-0.15, -0.1) is 0 Å². The SMILES string of the molecule is CNc1nccn2ncc(Oc3cnc4nc(Nc5cc([C@H]6CCCN6C)cc(C(F)(F)F)c5)n(C)c4c3Cl)c12. The molecule has 0 aliphatic carbocycles. The van der Waals surface area contributed by atoms with Crippen LogP contribution in [0.2, 0.25) is 5.02 Å². The molecular formula is C26H25ClF3N9O. The molecule has 4 aromatic heterocycles.